The molecule has 1 aliphatic rings. The van der Waals surface area contributed by atoms with Crippen LogP contribution in [0.1, 0.15) is 39.1 Å². The molecule has 0 radical (unpaired) electrons. The Balaban J connectivity index is 1.60. The van der Waals surface area contributed by atoms with Gasteiger partial charge in [-0.25, -0.2) is 4.79 Å². The second kappa shape index (κ2) is 7.21. The van der Waals surface area contributed by atoms with Crippen LogP contribution in [-0.2, 0) is 6.42 Å². The number of hydrogen-bond donors (Lipinski definition) is 1. The van der Waals surface area contributed by atoms with Crippen LogP contribution in [0.4, 0.5) is 0 Å². The Bertz CT molecular complexity index is 747. The topological polar surface area (TPSA) is 70.8 Å². The number of carboxylic acid groups (broad SMARTS) is 1. The lowest BCUT2D eigenvalue weighted by molar-refractivity contribution is 0.0689. The molecular weight excluding hydrogens is 374 g/mol. The van der Waals surface area contributed by atoms with E-state index in [0.29, 0.717) is 34.8 Å². The largest absolute Gasteiger partial charge is 0.478 e. The molecule has 0 saturated carbocycles. The molecule has 1 N–H and O–H groups in total. The molecule has 1 saturated heterocycles. The van der Waals surface area contributed by atoms with Gasteiger partial charge in [0.1, 0.15) is 6.26 Å². The molecule has 126 valence electrons. The SMILES string of the molecule is O=C(O)c1ccccc1CC1CCN(C(=O)c2coc(Br)c2)CC1. The van der Waals surface area contributed by atoms with E-state index >= 15 is 0 Å². The highest BCUT2D eigenvalue weighted by molar-refractivity contribution is 9.10. The van der Waals surface area contributed by atoms with Crippen LogP contribution in [0.3, 0.4) is 0 Å². The monoisotopic (exact) mass is 391 g/mol. The maximum Gasteiger partial charge on any atom is 0.335 e. The van der Waals surface area contributed by atoms with E-state index in [1.54, 1.807) is 18.2 Å². The van der Waals surface area contributed by atoms with Crippen molar-refractivity contribution in [2.45, 2.75) is 19.3 Å². The smallest absolute Gasteiger partial charge is 0.335 e. The van der Waals surface area contributed by atoms with Crippen LogP contribution in [0, 0.1) is 5.92 Å². The number of likely N-dealkylation sites (tertiary alicyclic amines) is 1. The zero-order valence-corrected chi connectivity index (χ0v) is 14.7. The minimum Gasteiger partial charge on any atom is -0.478 e. The Labute approximate surface area is 148 Å². The molecule has 24 heavy (non-hydrogen) atoms. The molecule has 0 aliphatic carbocycles. The van der Waals surface area contributed by atoms with Gasteiger partial charge in [-0.2, -0.15) is 0 Å². The van der Waals surface area contributed by atoms with Crippen molar-refractivity contribution in [1.29, 1.82) is 0 Å². The third-order valence-electron chi connectivity index (χ3n) is 4.47. The van der Waals surface area contributed by atoms with Crippen molar-refractivity contribution in [3.05, 3.63) is 58.0 Å². The normalized spacial score (nSPS) is 15.5. The average molecular weight is 392 g/mol. The lowest BCUT2D eigenvalue weighted by Crippen LogP contribution is -2.38. The average Bonchev–Trinajstić information content (AvgIpc) is 3.02. The van der Waals surface area contributed by atoms with E-state index in [1.165, 1.54) is 6.26 Å². The molecule has 1 fully saturated rings. The minimum atomic E-state index is -0.885. The number of piperidine rings is 1. The van der Waals surface area contributed by atoms with Crippen molar-refractivity contribution in [2.24, 2.45) is 5.92 Å². The van der Waals surface area contributed by atoms with Gasteiger partial charge in [-0.05, 0) is 52.7 Å². The molecule has 1 aliphatic heterocycles. The zero-order chi connectivity index (χ0) is 17.1. The number of hydrogen-bond acceptors (Lipinski definition) is 3. The first-order valence-electron chi connectivity index (χ1n) is 7.89. The molecule has 0 atom stereocenters. The van der Waals surface area contributed by atoms with Crippen LogP contribution in [0.5, 0.6) is 0 Å². The summed E-state index contributed by atoms with van der Waals surface area (Å²) in [5.74, 6) is -0.511. The summed E-state index contributed by atoms with van der Waals surface area (Å²) >= 11 is 3.20. The van der Waals surface area contributed by atoms with Gasteiger partial charge in [0.15, 0.2) is 4.67 Å². The second-order valence-electron chi connectivity index (χ2n) is 6.04. The fourth-order valence-electron chi connectivity index (χ4n) is 3.16. The first-order valence-corrected chi connectivity index (χ1v) is 8.68. The van der Waals surface area contributed by atoms with E-state index in [0.717, 1.165) is 24.8 Å². The maximum absolute atomic E-state index is 12.4. The number of amides is 1. The fourth-order valence-corrected chi connectivity index (χ4v) is 3.50. The minimum absolute atomic E-state index is 0.0196. The molecule has 2 aromatic rings. The van der Waals surface area contributed by atoms with E-state index in [-0.39, 0.29) is 5.91 Å². The summed E-state index contributed by atoms with van der Waals surface area (Å²) in [5.41, 5.74) is 1.80. The molecule has 1 aromatic carbocycles. The molecule has 3 rings (SSSR count). The highest BCUT2D eigenvalue weighted by Crippen LogP contribution is 2.25. The summed E-state index contributed by atoms with van der Waals surface area (Å²) in [6.07, 6.45) is 3.95. The molecule has 0 spiro atoms. The second-order valence-corrected chi connectivity index (χ2v) is 6.82. The highest BCUT2D eigenvalue weighted by Gasteiger charge is 2.25. The lowest BCUT2D eigenvalue weighted by Gasteiger charge is -2.32. The molecule has 1 amide bonds. The van der Waals surface area contributed by atoms with E-state index in [2.05, 4.69) is 15.9 Å². The Morgan fingerprint density at radius 2 is 1.96 bits per heavy atom. The van der Waals surface area contributed by atoms with Crippen molar-refractivity contribution < 1.29 is 19.1 Å². The Morgan fingerprint density at radius 3 is 2.58 bits per heavy atom. The van der Waals surface area contributed by atoms with E-state index in [4.69, 9.17) is 4.42 Å². The van der Waals surface area contributed by atoms with Crippen LogP contribution in [0.2, 0.25) is 0 Å². The highest BCUT2D eigenvalue weighted by atomic mass is 79.9. The first-order chi connectivity index (χ1) is 11.5. The Hall–Kier alpha value is -2.08. The summed E-state index contributed by atoms with van der Waals surface area (Å²) < 4.78 is 5.67. The zero-order valence-electron chi connectivity index (χ0n) is 13.1. The molecule has 6 heteroatoms. The number of aromatic carboxylic acids is 1. The number of furan rings is 1. The van der Waals surface area contributed by atoms with Crippen LogP contribution >= 0.6 is 15.9 Å². The van der Waals surface area contributed by atoms with Crippen molar-refractivity contribution in [3.63, 3.8) is 0 Å². The molecule has 2 heterocycles. The van der Waals surface area contributed by atoms with Gasteiger partial charge in [-0.1, -0.05) is 18.2 Å². The number of nitrogens with zero attached hydrogens (tertiary/aromatic N) is 1. The summed E-state index contributed by atoms with van der Waals surface area (Å²) in [4.78, 5) is 25.5. The molecule has 0 unspecified atom stereocenters. The van der Waals surface area contributed by atoms with E-state index in [9.17, 15) is 14.7 Å². The molecule has 1 aromatic heterocycles. The number of carbonyl (C=O) groups excluding carboxylic acids is 1. The number of halogens is 1. The van der Waals surface area contributed by atoms with Crippen molar-refractivity contribution in [2.75, 3.05) is 13.1 Å². The van der Waals surface area contributed by atoms with Gasteiger partial charge in [-0.3, -0.25) is 4.79 Å². The van der Waals surface area contributed by atoms with E-state index < -0.39 is 5.97 Å². The predicted molar refractivity (Wildman–Crippen MR) is 92.1 cm³/mol. The van der Waals surface area contributed by atoms with Gasteiger partial charge >= 0.3 is 5.97 Å². The summed E-state index contributed by atoms with van der Waals surface area (Å²) in [6.45, 7) is 1.36. The third kappa shape index (κ3) is 3.70. The lowest BCUT2D eigenvalue weighted by atomic mass is 9.88. The third-order valence-corrected chi connectivity index (χ3v) is 4.89. The first kappa shape index (κ1) is 16.8. The van der Waals surface area contributed by atoms with Crippen molar-refractivity contribution >= 4 is 27.8 Å². The van der Waals surface area contributed by atoms with Gasteiger partial charge in [0.05, 0.1) is 11.1 Å². The van der Waals surface area contributed by atoms with Crippen molar-refractivity contribution in [3.8, 4) is 0 Å². The standard InChI is InChI=1S/C18H18BrNO4/c19-16-10-14(11-24-16)17(21)20-7-5-12(6-8-20)9-13-3-1-2-4-15(13)18(22)23/h1-4,10-12H,5-9H2,(H,22,23). The number of carbonyl (C=O) groups is 2. The summed E-state index contributed by atoms with van der Waals surface area (Å²) in [5, 5.41) is 9.27. The van der Waals surface area contributed by atoms with Gasteiger partial charge < -0.3 is 14.4 Å². The predicted octanol–water partition coefficient (Wildman–Crippen LogP) is 3.84. The number of rotatable bonds is 4. The van der Waals surface area contributed by atoms with Crippen LogP contribution in [-0.4, -0.2) is 35.0 Å². The molecule has 0 bridgehead atoms. The van der Waals surface area contributed by atoms with Crippen molar-refractivity contribution in [1.82, 2.24) is 4.90 Å². The van der Waals surface area contributed by atoms with Gasteiger partial charge in [0.25, 0.3) is 5.91 Å². The molecular formula is C18H18BrNO4. The summed E-state index contributed by atoms with van der Waals surface area (Å²) in [7, 11) is 0. The maximum atomic E-state index is 12.4. The number of benzene rings is 1. The Kier molecular flexibility index (Phi) is 5.04. The quantitative estimate of drug-likeness (QED) is 0.859. The fraction of sp³-hybridized carbons (Fsp3) is 0.333. The summed E-state index contributed by atoms with van der Waals surface area (Å²) in [6, 6.07) is 8.82. The molecule has 5 nitrogen and oxygen atoms in total. The van der Waals surface area contributed by atoms with Gasteiger partial charge in [-0.15, -0.1) is 0 Å². The number of carboxylic acids is 1. The Morgan fingerprint density at radius 1 is 1.25 bits per heavy atom. The van der Waals surface area contributed by atoms with E-state index in [1.807, 2.05) is 17.0 Å². The van der Waals surface area contributed by atoms with Crippen LogP contribution < -0.4 is 0 Å². The van der Waals surface area contributed by atoms with Crippen LogP contribution in [0.15, 0.2) is 45.7 Å². The van der Waals surface area contributed by atoms with Gasteiger partial charge in [0, 0.05) is 19.2 Å². The van der Waals surface area contributed by atoms with Crippen LogP contribution in [0.25, 0.3) is 0 Å². The van der Waals surface area contributed by atoms with Gasteiger partial charge in [0.2, 0.25) is 0 Å².